The Hall–Kier alpha value is -7.92. The molecule has 0 aromatic heterocycles. The number of rotatable bonds is 41. The lowest BCUT2D eigenvalue weighted by Crippen LogP contribution is -2.58. The number of anilines is 1. The first-order chi connectivity index (χ1) is 36.8. The van der Waals surface area contributed by atoms with Crippen LogP contribution in [0.25, 0.3) is 0 Å². The maximum atomic E-state index is 13.9. The van der Waals surface area contributed by atoms with Crippen molar-refractivity contribution >= 4 is 99.3 Å². The van der Waals surface area contributed by atoms with Gasteiger partial charge in [0, 0.05) is 134 Å². The molecular weight excluding hydrogens is 1020 g/mol. The Kier molecular flexibility index (Phi) is 30.1. The second-order valence-electron chi connectivity index (χ2n) is 19.2. The Morgan fingerprint density at radius 1 is 0.500 bits per heavy atom. The number of amides is 9. The number of ketones is 8. The van der Waals surface area contributed by atoms with Crippen LogP contribution in [-0.4, -0.2) is 136 Å². The number of carbonyl (C=O) groups is 16. The van der Waals surface area contributed by atoms with Crippen LogP contribution >= 0.6 is 0 Å². The average molecular weight is 1090 g/mol. The topological polar surface area (TPSA) is 375 Å². The molecule has 24 heteroatoms. The maximum absolute atomic E-state index is 13.9. The summed E-state index contributed by atoms with van der Waals surface area (Å²) >= 11 is 0. The molecule has 2 rings (SSSR count). The quantitative estimate of drug-likeness (QED) is 0.0362. The van der Waals surface area contributed by atoms with Gasteiger partial charge in [-0.1, -0.05) is 26.0 Å². The molecule has 0 bridgehead atoms. The van der Waals surface area contributed by atoms with Crippen LogP contribution in [0.15, 0.2) is 36.4 Å². The van der Waals surface area contributed by atoms with Crippen molar-refractivity contribution in [1.29, 1.82) is 0 Å². The summed E-state index contributed by atoms with van der Waals surface area (Å²) in [5, 5.41) is 15.3. The molecule has 3 unspecified atom stereocenters. The third kappa shape index (κ3) is 28.3. The summed E-state index contributed by atoms with van der Waals surface area (Å²) in [6.45, 7) is 7.47. The number of imide groups is 1. The van der Waals surface area contributed by atoms with E-state index in [9.17, 15) is 76.7 Å². The van der Waals surface area contributed by atoms with Gasteiger partial charge in [-0.3, -0.25) is 72.0 Å². The molecule has 1 aromatic carbocycles. The number of benzene rings is 1. The fraction of sp³-hybridized carbons (Fsp3) is 0.537. The predicted molar refractivity (Wildman–Crippen MR) is 280 cm³/mol. The zero-order valence-electron chi connectivity index (χ0n) is 44.6. The molecule has 8 N–H and O–H groups in total. The first kappa shape index (κ1) is 66.2. The summed E-state index contributed by atoms with van der Waals surface area (Å²) in [6, 6.07) is 1.82. The molecular formula is C54H73N8O16. The molecule has 9 amide bonds. The number of primary amides is 1. The van der Waals surface area contributed by atoms with Crippen LogP contribution in [0.2, 0.25) is 0 Å². The summed E-state index contributed by atoms with van der Waals surface area (Å²) < 4.78 is 0. The smallest absolute Gasteiger partial charge is 0.312 e. The number of hydrogen-bond donors (Lipinski definition) is 7. The Morgan fingerprint density at radius 3 is 1.35 bits per heavy atom. The molecule has 1 aromatic rings. The number of Topliss-reactive ketones (excluding diaryl/α,β-unsaturated/α-hetero) is 8. The molecule has 0 fully saturated rings. The Bertz CT molecular complexity index is 2410. The standard InChI is InChI=1S/C54H73N8O16/c1-33(2)50(53(77)60-44(6-5-30-57-54(55)78)51(75)58-36-10-7-34(3)8-11-36)61-52(76)45(59-47(72)32-62-48(73)27-28-49(62)74)29-31-56-46(71)26-25-43(70)24-23-42(69)22-21-41(68)20-19-40(67)18-17-39(66)16-15-38(65)14-13-37(64)12-9-35(4)63/h7-8,10-11,27-28,33,44-45,50H,3,5-6,9,12-26,29-32H2,1-2,4H3,(H,56,71)(H,58,75)(H,59,72)(H,60,77)(H,61,76)(H3,55,57,78). The Morgan fingerprint density at radius 2 is 0.923 bits per heavy atom. The largest absolute Gasteiger partial charge is 0.356 e. The first-order valence-corrected chi connectivity index (χ1v) is 25.9. The van der Waals surface area contributed by atoms with E-state index in [4.69, 9.17) is 5.73 Å². The van der Waals surface area contributed by atoms with Gasteiger partial charge in [0.2, 0.25) is 29.5 Å². The number of nitrogens with two attached hydrogens (primary N) is 1. The van der Waals surface area contributed by atoms with Gasteiger partial charge in [0.15, 0.2) is 0 Å². The van der Waals surface area contributed by atoms with Crippen LogP contribution < -0.4 is 37.6 Å². The van der Waals surface area contributed by atoms with Crippen molar-refractivity contribution in [3.8, 4) is 0 Å². The van der Waals surface area contributed by atoms with E-state index in [1.54, 1.807) is 38.1 Å². The molecule has 0 spiro atoms. The minimum absolute atomic E-state index is 0.00263. The fourth-order valence-corrected chi connectivity index (χ4v) is 7.45. The van der Waals surface area contributed by atoms with E-state index in [2.05, 4.69) is 38.8 Å². The van der Waals surface area contributed by atoms with Crippen molar-refractivity contribution in [1.82, 2.24) is 31.5 Å². The second kappa shape index (κ2) is 35.4. The molecule has 1 aliphatic heterocycles. The highest BCUT2D eigenvalue weighted by molar-refractivity contribution is 6.14. The second-order valence-corrected chi connectivity index (χ2v) is 19.2. The number of nitrogens with zero attached hydrogens (tertiary/aromatic N) is 1. The van der Waals surface area contributed by atoms with Gasteiger partial charge in [0.1, 0.15) is 70.9 Å². The van der Waals surface area contributed by atoms with Crippen molar-refractivity contribution in [3.63, 3.8) is 0 Å². The molecule has 0 aliphatic carbocycles. The van der Waals surface area contributed by atoms with Crippen molar-refractivity contribution in [3.05, 3.63) is 48.9 Å². The van der Waals surface area contributed by atoms with E-state index < -0.39 is 83.8 Å². The molecule has 1 aliphatic rings. The van der Waals surface area contributed by atoms with Crippen LogP contribution in [0.4, 0.5) is 10.5 Å². The normalized spacial score (nSPS) is 12.9. The van der Waals surface area contributed by atoms with E-state index in [0.717, 1.165) is 12.2 Å². The molecule has 1 heterocycles. The SMILES string of the molecule is [CH2]c1ccc(NC(=O)C(CCCNC(N)=O)NC(=O)C(NC(=O)C(CCNC(=O)CCC(=O)CCC(=O)CCC(=O)CCC(=O)CCC(=O)CCC(=O)CCC(=O)CCC(C)=O)NC(=O)CN2C(=O)C=CC2=O)C(C)C)cc1. The van der Waals surface area contributed by atoms with Gasteiger partial charge in [-0.05, 0) is 56.7 Å². The van der Waals surface area contributed by atoms with Gasteiger partial charge in [-0.25, -0.2) is 4.79 Å². The third-order valence-electron chi connectivity index (χ3n) is 12.2. The zero-order valence-corrected chi connectivity index (χ0v) is 44.6. The third-order valence-corrected chi connectivity index (χ3v) is 12.2. The van der Waals surface area contributed by atoms with Crippen molar-refractivity contribution in [2.24, 2.45) is 11.7 Å². The number of urea groups is 1. The van der Waals surface area contributed by atoms with Gasteiger partial charge in [0.05, 0.1) is 0 Å². The number of nitrogens with one attached hydrogen (secondary N) is 6. The molecule has 1 radical (unpaired) electrons. The predicted octanol–water partition coefficient (Wildman–Crippen LogP) is 1.61. The fourth-order valence-electron chi connectivity index (χ4n) is 7.45. The zero-order chi connectivity index (χ0) is 58.3. The van der Waals surface area contributed by atoms with Gasteiger partial charge in [-0.15, -0.1) is 0 Å². The van der Waals surface area contributed by atoms with Crippen molar-refractivity contribution in [2.75, 3.05) is 25.0 Å². The average Bonchev–Trinajstić information content (AvgIpc) is 3.70. The number of hydrogen-bond acceptors (Lipinski definition) is 16. The van der Waals surface area contributed by atoms with Gasteiger partial charge in [0.25, 0.3) is 11.8 Å². The molecule has 0 saturated heterocycles. The number of carbonyl (C=O) groups excluding carboxylic acids is 16. The highest BCUT2D eigenvalue weighted by Gasteiger charge is 2.33. The lowest BCUT2D eigenvalue weighted by Gasteiger charge is -2.27. The first-order valence-electron chi connectivity index (χ1n) is 25.9. The van der Waals surface area contributed by atoms with Gasteiger partial charge >= 0.3 is 6.03 Å². The molecule has 3 atom stereocenters. The highest BCUT2D eigenvalue weighted by atomic mass is 16.2. The maximum Gasteiger partial charge on any atom is 0.312 e. The molecule has 0 saturated carbocycles. The molecule has 24 nitrogen and oxygen atoms in total. The van der Waals surface area contributed by atoms with E-state index in [1.165, 1.54) is 6.92 Å². The van der Waals surface area contributed by atoms with Crippen molar-refractivity contribution < 1.29 is 76.7 Å². The summed E-state index contributed by atoms with van der Waals surface area (Å²) in [5.74, 6) is -8.40. The van der Waals surface area contributed by atoms with E-state index >= 15 is 0 Å². The highest BCUT2D eigenvalue weighted by Crippen LogP contribution is 2.14. The van der Waals surface area contributed by atoms with E-state index in [1.807, 2.05) is 0 Å². The summed E-state index contributed by atoms with van der Waals surface area (Å²) in [7, 11) is 0. The monoisotopic (exact) mass is 1090 g/mol. The summed E-state index contributed by atoms with van der Waals surface area (Å²) in [5.41, 5.74) is 6.25. The Labute approximate surface area is 452 Å². The lowest BCUT2D eigenvalue weighted by atomic mass is 10.00. The lowest BCUT2D eigenvalue weighted by molar-refractivity contribution is -0.141. The minimum Gasteiger partial charge on any atom is -0.356 e. The molecule has 425 valence electrons. The van der Waals surface area contributed by atoms with Gasteiger partial charge in [-0.2, -0.15) is 0 Å². The minimum atomic E-state index is -1.46. The Balaban J connectivity index is 1.88. The van der Waals surface area contributed by atoms with Crippen LogP contribution in [0.3, 0.4) is 0 Å². The van der Waals surface area contributed by atoms with Crippen LogP contribution in [0, 0.1) is 12.8 Å². The van der Waals surface area contributed by atoms with Crippen LogP contribution in [0.5, 0.6) is 0 Å². The van der Waals surface area contributed by atoms with Gasteiger partial charge < -0.3 is 42.4 Å². The van der Waals surface area contributed by atoms with Crippen molar-refractivity contribution in [2.45, 2.75) is 161 Å². The molecule has 78 heavy (non-hydrogen) atoms. The van der Waals surface area contributed by atoms with E-state index in [-0.39, 0.29) is 176 Å². The van der Waals surface area contributed by atoms with E-state index in [0.29, 0.717) is 16.2 Å². The summed E-state index contributed by atoms with van der Waals surface area (Å²) in [6.07, 6.45) is 0.0771. The van der Waals surface area contributed by atoms with Crippen LogP contribution in [-0.2, 0) is 71.9 Å². The van der Waals surface area contributed by atoms with Crippen LogP contribution in [0.1, 0.15) is 148 Å². The summed E-state index contributed by atoms with van der Waals surface area (Å²) in [4.78, 5) is 200.